The lowest BCUT2D eigenvalue weighted by Crippen LogP contribution is -2.41. The van der Waals surface area contributed by atoms with Crippen LogP contribution in [0.15, 0.2) is 28.1 Å². The summed E-state index contributed by atoms with van der Waals surface area (Å²) in [5.74, 6) is 0.337. The Kier molecular flexibility index (Phi) is 2.16. The van der Waals surface area contributed by atoms with Gasteiger partial charge in [0.25, 0.3) is 10.0 Å². The van der Waals surface area contributed by atoms with E-state index in [1.54, 1.807) is 12.1 Å². The lowest BCUT2D eigenvalue weighted by molar-refractivity contribution is 0.591. The van der Waals surface area contributed by atoms with E-state index >= 15 is 0 Å². The number of benzene rings is 1. The largest absolute Gasteiger partial charge is 0.324 e. The first kappa shape index (κ1) is 10.6. The Morgan fingerprint density at radius 1 is 1.35 bits per heavy atom. The quantitative estimate of drug-likeness (QED) is 0.788. The Morgan fingerprint density at radius 2 is 2.12 bits per heavy atom. The molecule has 1 heterocycles. The smallest absolute Gasteiger partial charge is 0.266 e. The molecule has 0 saturated heterocycles. The van der Waals surface area contributed by atoms with Crippen LogP contribution in [-0.2, 0) is 10.0 Å². The maximum atomic E-state index is 12.0. The van der Waals surface area contributed by atoms with Gasteiger partial charge in [-0.15, -0.1) is 0 Å². The first-order chi connectivity index (χ1) is 8.04. The molecule has 2 N–H and O–H groups in total. The van der Waals surface area contributed by atoms with E-state index in [2.05, 4.69) is 15.0 Å². The van der Waals surface area contributed by atoms with Crippen molar-refractivity contribution in [3.05, 3.63) is 23.8 Å². The molecule has 0 atom stereocenters. The predicted molar refractivity (Wildman–Crippen MR) is 65.6 cm³/mol. The standard InChI is InChI=1S/C11H13N3O2S/c1-7-2-5-9-10(6-7)17(15,16)14-11(13-9)12-8-3-4-8/h2,5-6,8H,3-4H2,1H3,(H2,12,13,14). The zero-order chi connectivity index (χ0) is 12.0. The van der Waals surface area contributed by atoms with Gasteiger partial charge in [0.05, 0.1) is 11.7 Å². The van der Waals surface area contributed by atoms with E-state index < -0.39 is 10.0 Å². The fraction of sp³-hybridized carbons (Fsp3) is 0.364. The minimum atomic E-state index is -3.47. The van der Waals surface area contributed by atoms with Crippen molar-refractivity contribution < 1.29 is 8.42 Å². The van der Waals surface area contributed by atoms with Crippen LogP contribution in [0, 0.1) is 6.92 Å². The number of aryl methyl sites for hydroxylation is 1. The monoisotopic (exact) mass is 251 g/mol. The van der Waals surface area contributed by atoms with E-state index in [1.165, 1.54) is 0 Å². The van der Waals surface area contributed by atoms with E-state index in [1.807, 2.05) is 13.0 Å². The van der Waals surface area contributed by atoms with Gasteiger partial charge in [0, 0.05) is 0 Å². The van der Waals surface area contributed by atoms with Crippen molar-refractivity contribution in [2.24, 2.45) is 4.99 Å². The fourth-order valence-corrected chi connectivity index (χ4v) is 2.95. The Morgan fingerprint density at radius 3 is 2.82 bits per heavy atom. The maximum absolute atomic E-state index is 12.0. The normalized spacial score (nSPS) is 23.7. The van der Waals surface area contributed by atoms with E-state index in [9.17, 15) is 8.42 Å². The summed E-state index contributed by atoms with van der Waals surface area (Å²) < 4.78 is 26.5. The van der Waals surface area contributed by atoms with Crippen LogP contribution in [0.1, 0.15) is 18.4 Å². The van der Waals surface area contributed by atoms with Crippen LogP contribution in [0.3, 0.4) is 0 Å². The van der Waals surface area contributed by atoms with Gasteiger partial charge >= 0.3 is 0 Å². The second-order valence-electron chi connectivity index (χ2n) is 4.44. The number of sulfonamides is 1. The summed E-state index contributed by atoms with van der Waals surface area (Å²) in [6.45, 7) is 1.86. The van der Waals surface area contributed by atoms with E-state index in [0.717, 1.165) is 18.4 Å². The van der Waals surface area contributed by atoms with Crippen LogP contribution in [0.4, 0.5) is 5.69 Å². The molecule has 0 radical (unpaired) electrons. The molecule has 1 aliphatic heterocycles. The molecule has 90 valence electrons. The predicted octanol–water partition coefficient (Wildman–Crippen LogP) is 1.22. The van der Waals surface area contributed by atoms with Gasteiger partial charge in [0.1, 0.15) is 4.90 Å². The summed E-state index contributed by atoms with van der Waals surface area (Å²) in [7, 11) is -3.47. The zero-order valence-corrected chi connectivity index (χ0v) is 10.2. The molecule has 1 saturated carbocycles. The summed E-state index contributed by atoms with van der Waals surface area (Å²) in [5, 5.41) is 3.01. The Bertz CT molecular complexity index is 603. The molecule has 0 unspecified atom stereocenters. The van der Waals surface area contributed by atoms with E-state index in [0.29, 0.717) is 11.6 Å². The van der Waals surface area contributed by atoms with Gasteiger partial charge in [-0.2, -0.15) is 0 Å². The highest BCUT2D eigenvalue weighted by Gasteiger charge is 2.29. The Balaban J connectivity index is 2.07. The molecule has 1 fully saturated rings. The van der Waals surface area contributed by atoms with Crippen molar-refractivity contribution in [3.8, 4) is 0 Å². The molecular formula is C11H13N3O2S. The molecular weight excluding hydrogens is 238 g/mol. The van der Waals surface area contributed by atoms with Crippen molar-refractivity contribution in [1.82, 2.24) is 4.72 Å². The van der Waals surface area contributed by atoms with E-state index in [-0.39, 0.29) is 10.9 Å². The van der Waals surface area contributed by atoms with Crippen molar-refractivity contribution in [2.45, 2.75) is 30.7 Å². The summed E-state index contributed by atoms with van der Waals surface area (Å²) in [5.41, 5.74) is 1.51. The summed E-state index contributed by atoms with van der Waals surface area (Å²) in [6, 6.07) is 5.57. The SMILES string of the molecule is Cc1ccc2c(c1)S(=O)(=O)NC(=NC1CC1)N2. The van der Waals surface area contributed by atoms with Gasteiger partial charge in [-0.25, -0.2) is 18.1 Å². The minimum absolute atomic E-state index is 0.271. The van der Waals surface area contributed by atoms with Crippen molar-refractivity contribution in [1.29, 1.82) is 0 Å². The van der Waals surface area contributed by atoms with Crippen LogP contribution < -0.4 is 10.0 Å². The Hall–Kier alpha value is -1.56. The Labute approximate surface area is 100 Å². The van der Waals surface area contributed by atoms with Gasteiger partial charge in [-0.1, -0.05) is 6.07 Å². The molecule has 1 aliphatic carbocycles. The first-order valence-corrected chi connectivity index (χ1v) is 7.01. The number of hydrogen-bond donors (Lipinski definition) is 2. The van der Waals surface area contributed by atoms with Crippen molar-refractivity contribution in [2.75, 3.05) is 5.32 Å². The number of aliphatic imine (C=N–C) groups is 1. The maximum Gasteiger partial charge on any atom is 0.266 e. The van der Waals surface area contributed by atoms with Crippen LogP contribution >= 0.6 is 0 Å². The lowest BCUT2D eigenvalue weighted by Gasteiger charge is -2.21. The number of rotatable bonds is 1. The average molecular weight is 251 g/mol. The number of hydrogen-bond acceptors (Lipinski definition) is 3. The van der Waals surface area contributed by atoms with Crippen LogP contribution in [0.5, 0.6) is 0 Å². The molecule has 17 heavy (non-hydrogen) atoms. The molecule has 1 aromatic carbocycles. The van der Waals surface area contributed by atoms with Crippen molar-refractivity contribution >= 4 is 21.7 Å². The average Bonchev–Trinajstić information content (AvgIpc) is 3.02. The molecule has 6 heteroatoms. The third-order valence-corrected chi connectivity index (χ3v) is 4.15. The number of nitrogens with zero attached hydrogens (tertiary/aromatic N) is 1. The molecule has 1 aromatic rings. The molecule has 0 spiro atoms. The van der Waals surface area contributed by atoms with Crippen molar-refractivity contribution in [3.63, 3.8) is 0 Å². The number of guanidine groups is 1. The van der Waals surface area contributed by atoms with Crippen LogP contribution in [0.25, 0.3) is 0 Å². The molecule has 3 rings (SSSR count). The number of fused-ring (bicyclic) bond motifs is 1. The van der Waals surface area contributed by atoms with Gasteiger partial charge in [-0.3, -0.25) is 0 Å². The molecule has 0 amide bonds. The van der Waals surface area contributed by atoms with Gasteiger partial charge in [0.2, 0.25) is 5.96 Å². The number of anilines is 1. The van der Waals surface area contributed by atoms with Crippen LogP contribution in [-0.4, -0.2) is 20.4 Å². The summed E-state index contributed by atoms with van der Waals surface area (Å²) in [6.07, 6.45) is 2.07. The molecule has 0 bridgehead atoms. The highest BCUT2D eigenvalue weighted by Crippen LogP contribution is 2.28. The fourth-order valence-electron chi connectivity index (χ4n) is 1.74. The molecule has 0 aromatic heterocycles. The third kappa shape index (κ3) is 2.00. The van der Waals surface area contributed by atoms with Gasteiger partial charge in [0.15, 0.2) is 0 Å². The van der Waals surface area contributed by atoms with Crippen LogP contribution in [0.2, 0.25) is 0 Å². The van der Waals surface area contributed by atoms with E-state index in [4.69, 9.17) is 0 Å². The topological polar surface area (TPSA) is 70.6 Å². The van der Waals surface area contributed by atoms with Gasteiger partial charge < -0.3 is 5.32 Å². The zero-order valence-electron chi connectivity index (χ0n) is 9.40. The second-order valence-corrected chi connectivity index (χ2v) is 6.09. The van der Waals surface area contributed by atoms with Gasteiger partial charge in [-0.05, 0) is 37.5 Å². The third-order valence-electron chi connectivity index (χ3n) is 2.77. The highest BCUT2D eigenvalue weighted by atomic mass is 32.2. The molecule has 5 nitrogen and oxygen atoms in total. The summed E-state index contributed by atoms with van der Waals surface area (Å²) >= 11 is 0. The highest BCUT2D eigenvalue weighted by molar-refractivity contribution is 7.90. The summed E-state index contributed by atoms with van der Waals surface area (Å²) in [4.78, 5) is 4.56. The number of nitrogens with one attached hydrogen (secondary N) is 2. The second kappa shape index (κ2) is 3.46. The first-order valence-electron chi connectivity index (χ1n) is 5.53. The lowest BCUT2D eigenvalue weighted by atomic mass is 10.2. The minimum Gasteiger partial charge on any atom is -0.324 e. The molecule has 2 aliphatic rings.